The first kappa shape index (κ1) is 24.8. The normalized spacial score (nSPS) is 10.6. The molecule has 10 heteroatoms. The molecule has 0 radical (unpaired) electrons. The molecule has 3 N–H and O–H groups in total. The third-order valence-electron chi connectivity index (χ3n) is 5.65. The highest BCUT2D eigenvalue weighted by Gasteiger charge is 2.22. The van der Waals surface area contributed by atoms with Crippen LogP contribution in [0.1, 0.15) is 5.56 Å². The molecule has 0 bridgehead atoms. The van der Waals surface area contributed by atoms with Crippen LogP contribution in [0.2, 0.25) is 0 Å². The molecule has 0 unspecified atom stereocenters. The molecule has 0 spiro atoms. The highest BCUT2D eigenvalue weighted by atomic mass is 16.3. The van der Waals surface area contributed by atoms with Crippen LogP contribution < -0.4 is 10.6 Å². The van der Waals surface area contributed by atoms with Gasteiger partial charge in [0.2, 0.25) is 5.70 Å². The summed E-state index contributed by atoms with van der Waals surface area (Å²) in [6.07, 6.45) is 2.61. The summed E-state index contributed by atoms with van der Waals surface area (Å²) in [5.74, 6) is -0.560. The Bertz CT molecular complexity index is 1570. The van der Waals surface area contributed by atoms with E-state index in [1.54, 1.807) is 35.0 Å². The van der Waals surface area contributed by atoms with Crippen LogP contribution in [0, 0.1) is 6.57 Å². The quantitative estimate of drug-likeness (QED) is 0.269. The zero-order chi connectivity index (χ0) is 26.5. The molecule has 4 aromatic rings. The smallest absolute Gasteiger partial charge is 0.256 e. The minimum atomic E-state index is -0.517. The number of aromatic nitrogens is 4. The number of nitrogens with zero attached hydrogens (tertiary/aromatic N) is 6. The van der Waals surface area contributed by atoms with Crippen molar-refractivity contribution in [2.45, 2.75) is 13.0 Å². The van der Waals surface area contributed by atoms with Crippen molar-refractivity contribution in [3.63, 3.8) is 0 Å². The number of nitrogens with two attached hydrogens (primary N) is 1. The number of allylic oxidation sites excluding steroid dienone is 1. The first-order chi connectivity index (χ1) is 17.8. The fraction of sp³-hybridized carbons (Fsp3) is 0.111. The Morgan fingerprint density at radius 1 is 1.19 bits per heavy atom. The first-order valence-corrected chi connectivity index (χ1v) is 11.2. The maximum absolute atomic E-state index is 12.9. The predicted molar refractivity (Wildman–Crippen MR) is 140 cm³/mol. The van der Waals surface area contributed by atoms with Gasteiger partial charge in [-0.05, 0) is 42.0 Å². The lowest BCUT2D eigenvalue weighted by Crippen LogP contribution is -2.34. The minimum absolute atomic E-state index is 0.0408. The molecule has 10 nitrogen and oxygen atoms in total. The Labute approximate surface area is 212 Å². The summed E-state index contributed by atoms with van der Waals surface area (Å²) in [6, 6.07) is 13.7. The van der Waals surface area contributed by atoms with Gasteiger partial charge in [0.25, 0.3) is 5.91 Å². The van der Waals surface area contributed by atoms with Crippen LogP contribution in [-0.2, 0) is 22.6 Å². The number of hydrogen-bond acceptors (Lipinski definition) is 7. The summed E-state index contributed by atoms with van der Waals surface area (Å²) in [5, 5.41) is 15.5. The number of carbonyl (C=O) groups is 2. The van der Waals surface area contributed by atoms with Crippen molar-refractivity contribution < 1.29 is 14.7 Å². The Kier molecular flexibility index (Phi) is 7.06. The lowest BCUT2D eigenvalue weighted by molar-refractivity contribution is -0.115. The summed E-state index contributed by atoms with van der Waals surface area (Å²) in [6.45, 7) is 14.6. The van der Waals surface area contributed by atoms with Crippen LogP contribution in [0.25, 0.3) is 27.1 Å². The van der Waals surface area contributed by atoms with Crippen LogP contribution in [0.4, 0.5) is 11.5 Å². The number of aromatic hydroxyl groups is 1. The maximum atomic E-state index is 12.9. The van der Waals surface area contributed by atoms with Crippen molar-refractivity contribution in [2.24, 2.45) is 0 Å². The molecule has 0 aliphatic heterocycles. The number of ketones is 1. The molecule has 37 heavy (non-hydrogen) atoms. The van der Waals surface area contributed by atoms with E-state index in [4.69, 9.17) is 12.3 Å². The molecular weight excluding hydrogens is 470 g/mol. The number of para-hydroxylation sites is 1. The lowest BCUT2D eigenvalue weighted by atomic mass is 10.0. The van der Waals surface area contributed by atoms with E-state index in [9.17, 15) is 14.7 Å². The monoisotopic (exact) mass is 493 g/mol. The zero-order valence-electron chi connectivity index (χ0n) is 19.8. The van der Waals surface area contributed by atoms with Crippen LogP contribution in [0.15, 0.2) is 79.8 Å². The van der Waals surface area contributed by atoms with Gasteiger partial charge < -0.3 is 15.7 Å². The number of hydrogen-bond donors (Lipinski definition) is 2. The Morgan fingerprint density at radius 2 is 1.95 bits per heavy atom. The fourth-order valence-electron chi connectivity index (χ4n) is 3.93. The Balaban J connectivity index is 1.75. The average molecular weight is 494 g/mol. The van der Waals surface area contributed by atoms with E-state index in [2.05, 4.69) is 33.1 Å². The SMILES string of the molecule is [C-]#[N+]C(=C)C(=O)N(CCn1nc(-c2cc(O)cc(CC(=O)C=C)c2)c2c(N)ncnc21)c1ccccc1. The second-order valence-corrected chi connectivity index (χ2v) is 8.12. The van der Waals surface area contributed by atoms with Gasteiger partial charge in [0.05, 0.1) is 18.5 Å². The zero-order valence-corrected chi connectivity index (χ0v) is 19.8. The number of fused-ring (bicyclic) bond motifs is 1. The van der Waals surface area contributed by atoms with E-state index in [-0.39, 0.29) is 42.6 Å². The van der Waals surface area contributed by atoms with Crippen LogP contribution in [0.5, 0.6) is 5.75 Å². The third-order valence-corrected chi connectivity index (χ3v) is 5.65. The van der Waals surface area contributed by atoms with E-state index in [0.29, 0.717) is 33.5 Å². The molecule has 0 aliphatic carbocycles. The Hall–Kier alpha value is -5.30. The van der Waals surface area contributed by atoms with Gasteiger partial charge >= 0.3 is 0 Å². The van der Waals surface area contributed by atoms with Crippen molar-refractivity contribution >= 4 is 34.2 Å². The van der Waals surface area contributed by atoms with Crippen molar-refractivity contribution in [1.82, 2.24) is 19.7 Å². The Morgan fingerprint density at radius 3 is 2.65 bits per heavy atom. The lowest BCUT2D eigenvalue weighted by Gasteiger charge is -2.22. The van der Waals surface area contributed by atoms with Crippen LogP contribution >= 0.6 is 0 Å². The van der Waals surface area contributed by atoms with Crippen molar-refractivity contribution in [3.05, 3.63) is 96.8 Å². The van der Waals surface area contributed by atoms with Gasteiger partial charge in [-0.3, -0.25) is 9.59 Å². The molecule has 0 saturated carbocycles. The fourth-order valence-corrected chi connectivity index (χ4v) is 3.93. The molecule has 184 valence electrons. The van der Waals surface area contributed by atoms with E-state index < -0.39 is 5.91 Å². The number of benzene rings is 2. The van der Waals surface area contributed by atoms with Gasteiger partial charge in [-0.1, -0.05) is 31.4 Å². The van der Waals surface area contributed by atoms with Crippen LogP contribution in [-0.4, -0.2) is 43.1 Å². The van der Waals surface area contributed by atoms with E-state index in [0.717, 1.165) is 0 Å². The van der Waals surface area contributed by atoms with Crippen molar-refractivity contribution in [3.8, 4) is 17.0 Å². The largest absolute Gasteiger partial charge is 0.508 e. The van der Waals surface area contributed by atoms with E-state index in [1.165, 1.54) is 29.4 Å². The third kappa shape index (κ3) is 5.21. The molecular formula is C27H23N7O3. The van der Waals surface area contributed by atoms with Gasteiger partial charge in [0.1, 0.15) is 23.6 Å². The molecule has 2 aromatic carbocycles. The summed E-state index contributed by atoms with van der Waals surface area (Å²) in [5.41, 5.74) is 8.54. The molecule has 0 atom stereocenters. The number of phenolic OH excluding ortho intramolecular Hbond substituents is 1. The molecule has 4 rings (SSSR count). The number of nitrogen functional groups attached to an aromatic ring is 1. The average Bonchev–Trinajstić information content (AvgIpc) is 3.28. The highest BCUT2D eigenvalue weighted by Crippen LogP contribution is 2.33. The van der Waals surface area contributed by atoms with Crippen molar-refractivity contribution in [2.75, 3.05) is 17.2 Å². The first-order valence-electron chi connectivity index (χ1n) is 11.2. The summed E-state index contributed by atoms with van der Waals surface area (Å²) in [4.78, 5) is 37.9. The summed E-state index contributed by atoms with van der Waals surface area (Å²) >= 11 is 0. The highest BCUT2D eigenvalue weighted by molar-refractivity contribution is 6.06. The minimum Gasteiger partial charge on any atom is -0.508 e. The molecule has 0 aliphatic rings. The van der Waals surface area contributed by atoms with Gasteiger partial charge in [0, 0.05) is 24.2 Å². The van der Waals surface area contributed by atoms with E-state index >= 15 is 0 Å². The number of anilines is 2. The number of rotatable bonds is 9. The summed E-state index contributed by atoms with van der Waals surface area (Å²) in [7, 11) is 0. The molecule has 0 saturated heterocycles. The molecule has 1 amide bonds. The van der Waals surface area contributed by atoms with Gasteiger partial charge in [-0.2, -0.15) is 5.10 Å². The number of phenols is 1. The molecule has 2 heterocycles. The summed E-state index contributed by atoms with van der Waals surface area (Å²) < 4.78 is 1.59. The second-order valence-electron chi connectivity index (χ2n) is 8.12. The second kappa shape index (κ2) is 10.5. The standard InChI is InChI=1S/C27H23N7O3/c1-4-21(35)13-18-12-19(15-22(36)14-18)24-23-25(28)30-16-31-26(23)34(32-24)11-10-33(27(37)17(2)29-3)20-8-6-5-7-9-20/h4-9,12,14-16,36H,1-2,10-11,13H2,(H2,28,30,31). The van der Waals surface area contributed by atoms with Crippen LogP contribution in [0.3, 0.4) is 0 Å². The van der Waals surface area contributed by atoms with Gasteiger partial charge in [-0.25, -0.2) is 19.5 Å². The topological polar surface area (TPSA) is 132 Å². The van der Waals surface area contributed by atoms with Crippen molar-refractivity contribution in [1.29, 1.82) is 0 Å². The number of carbonyl (C=O) groups excluding carboxylic acids is 2. The molecule has 2 aromatic heterocycles. The maximum Gasteiger partial charge on any atom is 0.256 e. The predicted octanol–water partition coefficient (Wildman–Crippen LogP) is 3.54. The number of amides is 1. The molecule has 0 fully saturated rings. The van der Waals surface area contributed by atoms with E-state index in [1.807, 2.05) is 6.07 Å². The van der Waals surface area contributed by atoms with Gasteiger partial charge in [-0.15, -0.1) is 0 Å². The van der Waals surface area contributed by atoms with Gasteiger partial charge in [0.15, 0.2) is 11.4 Å².